The summed E-state index contributed by atoms with van der Waals surface area (Å²) in [6.07, 6.45) is 10.9. The highest BCUT2D eigenvalue weighted by atomic mass is 16.5. The molecular formula is C28H29N5O2. The van der Waals surface area contributed by atoms with Crippen LogP contribution in [0.5, 0.6) is 5.75 Å². The zero-order valence-corrected chi connectivity index (χ0v) is 19.8. The fourth-order valence-corrected chi connectivity index (χ4v) is 5.87. The van der Waals surface area contributed by atoms with Crippen molar-refractivity contribution >= 4 is 28.4 Å². The average molecular weight is 468 g/mol. The van der Waals surface area contributed by atoms with E-state index in [1.54, 1.807) is 13.3 Å². The van der Waals surface area contributed by atoms with E-state index in [0.717, 1.165) is 54.6 Å². The molecule has 2 unspecified atom stereocenters. The lowest BCUT2D eigenvalue weighted by atomic mass is 9.85. The van der Waals surface area contributed by atoms with Crippen LogP contribution in [0.4, 0.5) is 11.5 Å². The second-order valence-corrected chi connectivity index (χ2v) is 9.65. The summed E-state index contributed by atoms with van der Waals surface area (Å²) >= 11 is 0. The number of aromatic amines is 1. The summed E-state index contributed by atoms with van der Waals surface area (Å²) in [6, 6.07) is 16.2. The number of benzene rings is 1. The monoisotopic (exact) mass is 467 g/mol. The van der Waals surface area contributed by atoms with E-state index in [1.165, 1.54) is 5.56 Å². The van der Waals surface area contributed by atoms with E-state index in [9.17, 15) is 4.79 Å². The SMILES string of the molecule is COc1cccc(Nc2ncccc2C(=O)N2C3CCC2CC(Cc2cnc4[nH]ccc4c2)C3)c1. The summed E-state index contributed by atoms with van der Waals surface area (Å²) in [7, 11) is 1.64. The third-order valence-corrected chi connectivity index (χ3v) is 7.42. The number of rotatable bonds is 6. The van der Waals surface area contributed by atoms with Crippen molar-refractivity contribution in [2.24, 2.45) is 5.92 Å². The molecule has 7 heteroatoms. The molecule has 6 rings (SSSR count). The van der Waals surface area contributed by atoms with Crippen molar-refractivity contribution in [3.63, 3.8) is 0 Å². The number of fused-ring (bicyclic) bond motifs is 3. The first kappa shape index (κ1) is 21.6. The number of nitrogens with zero attached hydrogens (tertiary/aromatic N) is 3. The largest absolute Gasteiger partial charge is 0.497 e. The quantitative estimate of drug-likeness (QED) is 0.400. The van der Waals surface area contributed by atoms with Crippen LogP contribution in [0.2, 0.25) is 0 Å². The maximum absolute atomic E-state index is 13.8. The number of pyridine rings is 2. The average Bonchev–Trinajstić information content (AvgIpc) is 3.45. The van der Waals surface area contributed by atoms with Crippen molar-refractivity contribution in [2.45, 2.75) is 44.2 Å². The van der Waals surface area contributed by atoms with Gasteiger partial charge in [0, 0.05) is 47.8 Å². The summed E-state index contributed by atoms with van der Waals surface area (Å²) in [4.78, 5) is 28.1. The predicted octanol–water partition coefficient (Wildman–Crippen LogP) is 5.34. The van der Waals surface area contributed by atoms with Gasteiger partial charge in [-0.2, -0.15) is 0 Å². The number of nitrogens with one attached hydrogen (secondary N) is 2. The maximum atomic E-state index is 13.8. The van der Waals surface area contributed by atoms with Gasteiger partial charge in [0.1, 0.15) is 17.2 Å². The molecule has 1 aromatic carbocycles. The Kier molecular flexibility index (Phi) is 5.60. The smallest absolute Gasteiger partial charge is 0.258 e. The van der Waals surface area contributed by atoms with Crippen molar-refractivity contribution in [3.05, 3.63) is 78.2 Å². The van der Waals surface area contributed by atoms with Crippen LogP contribution in [0.3, 0.4) is 0 Å². The van der Waals surface area contributed by atoms with E-state index in [4.69, 9.17) is 4.74 Å². The van der Waals surface area contributed by atoms with E-state index in [0.29, 0.717) is 17.3 Å². The summed E-state index contributed by atoms with van der Waals surface area (Å²) in [5, 5.41) is 4.48. The van der Waals surface area contributed by atoms with Crippen molar-refractivity contribution in [2.75, 3.05) is 12.4 Å². The van der Waals surface area contributed by atoms with E-state index in [2.05, 4.69) is 37.3 Å². The molecule has 0 spiro atoms. The minimum atomic E-state index is 0.0739. The van der Waals surface area contributed by atoms with E-state index in [-0.39, 0.29) is 18.0 Å². The van der Waals surface area contributed by atoms with Gasteiger partial charge in [-0.3, -0.25) is 4.79 Å². The molecule has 2 atom stereocenters. The number of methoxy groups -OCH3 is 1. The number of aromatic nitrogens is 3. The molecule has 2 fully saturated rings. The minimum Gasteiger partial charge on any atom is -0.497 e. The maximum Gasteiger partial charge on any atom is 0.258 e. The first-order valence-electron chi connectivity index (χ1n) is 12.3. The summed E-state index contributed by atoms with van der Waals surface area (Å²) in [5.41, 5.74) is 3.67. The standard InChI is InChI=1S/C28H29N5O2/c1-35-24-5-2-4-21(16-24)32-27-25(6-3-10-29-27)28(34)33-22-7-8-23(33)15-18(14-22)12-19-13-20-9-11-30-26(20)31-17-19/h2-6,9-11,13,16-18,22-23H,7-8,12,14-15H2,1H3,(H,29,32)(H,30,31). The van der Waals surface area contributed by atoms with Gasteiger partial charge in [-0.1, -0.05) is 6.07 Å². The topological polar surface area (TPSA) is 83.1 Å². The zero-order chi connectivity index (χ0) is 23.8. The normalized spacial score (nSPS) is 21.3. The molecule has 1 amide bonds. The molecule has 7 nitrogen and oxygen atoms in total. The van der Waals surface area contributed by atoms with Crippen LogP contribution in [0.1, 0.15) is 41.6 Å². The third kappa shape index (κ3) is 4.22. The molecule has 0 saturated carbocycles. The van der Waals surface area contributed by atoms with Crippen LogP contribution in [0, 0.1) is 5.92 Å². The number of hydrogen-bond donors (Lipinski definition) is 2. The fourth-order valence-electron chi connectivity index (χ4n) is 5.87. The van der Waals surface area contributed by atoms with Crippen LogP contribution in [0.25, 0.3) is 11.0 Å². The van der Waals surface area contributed by atoms with Gasteiger partial charge in [0.15, 0.2) is 0 Å². The number of anilines is 2. The molecule has 2 N–H and O–H groups in total. The van der Waals surface area contributed by atoms with Crippen LogP contribution >= 0.6 is 0 Å². The Morgan fingerprint density at radius 3 is 2.80 bits per heavy atom. The molecule has 4 aromatic rings. The number of carbonyl (C=O) groups excluding carboxylic acids is 1. The number of carbonyl (C=O) groups is 1. The van der Waals surface area contributed by atoms with Crippen molar-refractivity contribution in [1.82, 2.24) is 19.9 Å². The molecule has 2 aliphatic rings. The second-order valence-electron chi connectivity index (χ2n) is 9.65. The lowest BCUT2D eigenvalue weighted by Crippen LogP contribution is -2.47. The fraction of sp³-hybridized carbons (Fsp3) is 0.321. The molecule has 2 aliphatic heterocycles. The lowest BCUT2D eigenvalue weighted by molar-refractivity contribution is 0.0525. The van der Waals surface area contributed by atoms with Crippen LogP contribution in [-0.2, 0) is 6.42 Å². The minimum absolute atomic E-state index is 0.0739. The molecule has 5 heterocycles. The van der Waals surface area contributed by atoms with Gasteiger partial charge in [-0.25, -0.2) is 9.97 Å². The van der Waals surface area contributed by atoms with Crippen molar-refractivity contribution in [1.29, 1.82) is 0 Å². The molecule has 178 valence electrons. The van der Waals surface area contributed by atoms with Crippen LogP contribution in [0.15, 0.2) is 67.1 Å². The van der Waals surface area contributed by atoms with Gasteiger partial charge >= 0.3 is 0 Å². The van der Waals surface area contributed by atoms with Crippen LogP contribution < -0.4 is 10.1 Å². The highest BCUT2D eigenvalue weighted by molar-refractivity contribution is 6.00. The lowest BCUT2D eigenvalue weighted by Gasteiger charge is -2.39. The summed E-state index contributed by atoms with van der Waals surface area (Å²) in [5.74, 6) is 1.98. The second kappa shape index (κ2) is 9.06. The first-order valence-corrected chi connectivity index (χ1v) is 12.3. The zero-order valence-electron chi connectivity index (χ0n) is 19.8. The van der Waals surface area contributed by atoms with Gasteiger partial charge in [-0.05, 0) is 80.0 Å². The summed E-state index contributed by atoms with van der Waals surface area (Å²) in [6.45, 7) is 0. The first-order chi connectivity index (χ1) is 17.2. The molecule has 0 radical (unpaired) electrons. The van der Waals surface area contributed by atoms with E-state index < -0.39 is 0 Å². The molecular weight excluding hydrogens is 438 g/mol. The van der Waals surface area contributed by atoms with Crippen molar-refractivity contribution < 1.29 is 9.53 Å². The Morgan fingerprint density at radius 1 is 1.11 bits per heavy atom. The Labute approximate surface area is 204 Å². The number of amides is 1. The molecule has 2 saturated heterocycles. The predicted molar refractivity (Wildman–Crippen MR) is 136 cm³/mol. The van der Waals surface area contributed by atoms with Crippen LogP contribution in [-0.4, -0.2) is 45.0 Å². The molecule has 0 aliphatic carbocycles. The third-order valence-electron chi connectivity index (χ3n) is 7.42. The highest BCUT2D eigenvalue weighted by Gasteiger charge is 2.43. The van der Waals surface area contributed by atoms with Crippen molar-refractivity contribution in [3.8, 4) is 5.75 Å². The Hall–Kier alpha value is -3.87. The number of hydrogen-bond acceptors (Lipinski definition) is 5. The Bertz CT molecular complexity index is 1350. The molecule has 2 bridgehead atoms. The number of ether oxygens (including phenoxy) is 1. The van der Waals surface area contributed by atoms with Gasteiger partial charge < -0.3 is 19.9 Å². The summed E-state index contributed by atoms with van der Waals surface area (Å²) < 4.78 is 5.33. The Morgan fingerprint density at radius 2 is 1.97 bits per heavy atom. The van der Waals surface area contributed by atoms with Gasteiger partial charge in [0.05, 0.1) is 12.7 Å². The number of H-pyrrole nitrogens is 1. The molecule has 3 aromatic heterocycles. The Balaban J connectivity index is 1.18. The van der Waals surface area contributed by atoms with Gasteiger partial charge in [0.2, 0.25) is 0 Å². The van der Waals surface area contributed by atoms with Gasteiger partial charge in [0.25, 0.3) is 5.91 Å². The van der Waals surface area contributed by atoms with E-state index in [1.807, 2.05) is 48.8 Å². The molecule has 35 heavy (non-hydrogen) atoms. The number of piperidine rings is 1. The van der Waals surface area contributed by atoms with E-state index >= 15 is 0 Å². The van der Waals surface area contributed by atoms with Gasteiger partial charge in [-0.15, -0.1) is 0 Å². The highest BCUT2D eigenvalue weighted by Crippen LogP contribution is 2.41.